The number of anilines is 2. The normalized spacial score (nSPS) is 10.2. The predicted octanol–water partition coefficient (Wildman–Crippen LogP) is 1.34. The van der Waals surface area contributed by atoms with Gasteiger partial charge < -0.3 is 15.8 Å². The first-order valence-electron chi connectivity index (χ1n) is 5.92. The molecule has 0 aliphatic rings. The van der Waals surface area contributed by atoms with E-state index in [0.29, 0.717) is 16.3 Å². The van der Waals surface area contributed by atoms with Crippen LogP contribution in [0.5, 0.6) is 0 Å². The minimum Gasteiger partial charge on any atom is -0.462 e. The maximum Gasteiger partial charge on any atom is 0.341 e. The Morgan fingerprint density at radius 2 is 2.35 bits per heavy atom. The molecule has 0 aliphatic carbocycles. The number of aromatic nitrogens is 2. The average Bonchev–Trinajstić information content (AvgIpc) is 2.99. The van der Waals surface area contributed by atoms with E-state index in [-0.39, 0.29) is 19.1 Å². The summed E-state index contributed by atoms with van der Waals surface area (Å²) in [5, 5.41) is 8.76. The maximum atomic E-state index is 11.9. The summed E-state index contributed by atoms with van der Waals surface area (Å²) in [4.78, 5) is 23.5. The summed E-state index contributed by atoms with van der Waals surface area (Å²) in [6, 6.07) is 1.62. The highest BCUT2D eigenvalue weighted by molar-refractivity contribution is 7.14. The van der Waals surface area contributed by atoms with Crippen molar-refractivity contribution in [2.24, 2.45) is 0 Å². The lowest BCUT2D eigenvalue weighted by Crippen LogP contribution is -2.19. The summed E-state index contributed by atoms with van der Waals surface area (Å²) in [5.41, 5.74) is 6.35. The number of hydrogen-bond acceptors (Lipinski definition) is 6. The molecule has 2 rings (SSSR count). The van der Waals surface area contributed by atoms with E-state index in [2.05, 4.69) is 10.4 Å². The Balaban J connectivity index is 2.01. The van der Waals surface area contributed by atoms with Gasteiger partial charge in [-0.1, -0.05) is 0 Å². The molecule has 0 spiro atoms. The van der Waals surface area contributed by atoms with Crippen LogP contribution in [0.1, 0.15) is 17.3 Å². The third-order valence-corrected chi connectivity index (χ3v) is 3.20. The van der Waals surface area contributed by atoms with Gasteiger partial charge in [0.05, 0.1) is 24.1 Å². The van der Waals surface area contributed by atoms with Crippen molar-refractivity contribution in [3.05, 3.63) is 29.4 Å². The molecule has 0 aromatic carbocycles. The van der Waals surface area contributed by atoms with Crippen molar-refractivity contribution in [2.75, 3.05) is 17.7 Å². The third kappa shape index (κ3) is 3.35. The van der Waals surface area contributed by atoms with Crippen molar-refractivity contribution in [1.29, 1.82) is 0 Å². The molecule has 1 amide bonds. The fraction of sp³-hybridized carbons (Fsp3) is 0.250. The van der Waals surface area contributed by atoms with E-state index in [0.717, 1.165) is 0 Å². The minimum atomic E-state index is -0.451. The molecule has 0 saturated carbocycles. The zero-order valence-corrected chi connectivity index (χ0v) is 11.6. The van der Waals surface area contributed by atoms with Gasteiger partial charge in [0.25, 0.3) is 0 Å². The highest BCUT2D eigenvalue weighted by atomic mass is 32.1. The van der Waals surface area contributed by atoms with Crippen molar-refractivity contribution in [1.82, 2.24) is 9.78 Å². The van der Waals surface area contributed by atoms with Gasteiger partial charge in [0.15, 0.2) is 0 Å². The molecule has 7 nitrogen and oxygen atoms in total. The number of amides is 1. The Labute approximate surface area is 119 Å². The van der Waals surface area contributed by atoms with Gasteiger partial charge in [-0.25, -0.2) is 4.79 Å². The minimum absolute atomic E-state index is 0.0252. The largest absolute Gasteiger partial charge is 0.462 e. The first-order valence-corrected chi connectivity index (χ1v) is 6.80. The van der Waals surface area contributed by atoms with E-state index < -0.39 is 5.97 Å². The van der Waals surface area contributed by atoms with Crippen LogP contribution in [0.3, 0.4) is 0 Å². The molecular weight excluding hydrogens is 280 g/mol. The van der Waals surface area contributed by atoms with Crippen molar-refractivity contribution >= 4 is 33.9 Å². The molecule has 3 N–H and O–H groups in total. The number of ether oxygens (including phenoxy) is 1. The second-order valence-corrected chi connectivity index (χ2v) is 4.82. The Bertz CT molecular complexity index is 620. The molecule has 0 unspecified atom stereocenters. The summed E-state index contributed by atoms with van der Waals surface area (Å²) >= 11 is 1.26. The standard InChI is InChI=1S/C12H14N4O3S/c1-2-19-12(18)9-3-4-20-11(9)15-10(17)7-16-6-8(13)5-14-16/h3-6H,2,7,13H2,1H3,(H,15,17). The number of hydrogen-bond donors (Lipinski definition) is 2. The van der Waals surface area contributed by atoms with Crippen LogP contribution in [0.2, 0.25) is 0 Å². The molecule has 2 heterocycles. The number of nitrogens with zero attached hydrogens (tertiary/aromatic N) is 2. The van der Waals surface area contributed by atoms with E-state index in [1.54, 1.807) is 24.6 Å². The second kappa shape index (κ2) is 6.20. The van der Waals surface area contributed by atoms with Crippen molar-refractivity contribution in [3.63, 3.8) is 0 Å². The number of carbonyl (C=O) groups excluding carboxylic acids is 2. The van der Waals surface area contributed by atoms with Crippen LogP contribution in [0.25, 0.3) is 0 Å². The molecule has 2 aromatic rings. The molecule has 20 heavy (non-hydrogen) atoms. The van der Waals surface area contributed by atoms with E-state index in [1.807, 2.05) is 0 Å². The van der Waals surface area contributed by atoms with Crippen LogP contribution in [0.15, 0.2) is 23.8 Å². The van der Waals surface area contributed by atoms with Crippen molar-refractivity contribution in [2.45, 2.75) is 13.5 Å². The average molecular weight is 294 g/mol. The van der Waals surface area contributed by atoms with Crippen LogP contribution < -0.4 is 11.1 Å². The maximum absolute atomic E-state index is 11.9. The van der Waals surface area contributed by atoms with Gasteiger partial charge in [-0.05, 0) is 18.4 Å². The molecule has 0 bridgehead atoms. The lowest BCUT2D eigenvalue weighted by atomic mass is 10.3. The van der Waals surface area contributed by atoms with Gasteiger partial charge in [-0.2, -0.15) is 5.10 Å². The van der Waals surface area contributed by atoms with Gasteiger partial charge in [-0.3, -0.25) is 9.48 Å². The lowest BCUT2D eigenvalue weighted by Gasteiger charge is -2.06. The van der Waals surface area contributed by atoms with Crippen LogP contribution in [-0.4, -0.2) is 28.3 Å². The highest BCUT2D eigenvalue weighted by Gasteiger charge is 2.16. The fourth-order valence-electron chi connectivity index (χ4n) is 1.55. The third-order valence-electron chi connectivity index (χ3n) is 2.37. The smallest absolute Gasteiger partial charge is 0.341 e. The topological polar surface area (TPSA) is 99.2 Å². The van der Waals surface area contributed by atoms with Gasteiger partial charge in [0.2, 0.25) is 5.91 Å². The Hall–Kier alpha value is -2.35. The number of carbonyl (C=O) groups is 2. The van der Waals surface area contributed by atoms with Gasteiger partial charge in [0.1, 0.15) is 11.5 Å². The Kier molecular flexibility index (Phi) is 4.36. The van der Waals surface area contributed by atoms with Gasteiger partial charge in [-0.15, -0.1) is 11.3 Å². The van der Waals surface area contributed by atoms with Gasteiger partial charge >= 0.3 is 5.97 Å². The monoisotopic (exact) mass is 294 g/mol. The summed E-state index contributed by atoms with van der Waals surface area (Å²) in [6.07, 6.45) is 3.02. The number of nitrogen functional groups attached to an aromatic ring is 1. The first kappa shape index (κ1) is 14.1. The first-order chi connectivity index (χ1) is 9.60. The molecule has 106 valence electrons. The molecule has 0 radical (unpaired) electrons. The highest BCUT2D eigenvalue weighted by Crippen LogP contribution is 2.24. The summed E-state index contributed by atoms with van der Waals surface area (Å²) in [5.74, 6) is -0.742. The summed E-state index contributed by atoms with van der Waals surface area (Å²) in [7, 11) is 0. The van der Waals surface area contributed by atoms with E-state index in [9.17, 15) is 9.59 Å². The quantitative estimate of drug-likeness (QED) is 0.811. The molecular formula is C12H14N4O3S. The van der Waals surface area contributed by atoms with Crippen molar-refractivity contribution in [3.8, 4) is 0 Å². The molecule has 0 saturated heterocycles. The molecule has 0 atom stereocenters. The predicted molar refractivity (Wildman–Crippen MR) is 75.5 cm³/mol. The number of thiophene rings is 1. The zero-order valence-electron chi connectivity index (χ0n) is 10.8. The van der Waals surface area contributed by atoms with Crippen LogP contribution >= 0.6 is 11.3 Å². The fourth-order valence-corrected chi connectivity index (χ4v) is 2.35. The molecule has 8 heteroatoms. The van der Waals surface area contributed by atoms with E-state index in [4.69, 9.17) is 10.5 Å². The lowest BCUT2D eigenvalue weighted by molar-refractivity contribution is -0.116. The number of esters is 1. The number of rotatable bonds is 5. The van der Waals surface area contributed by atoms with Crippen LogP contribution in [0.4, 0.5) is 10.7 Å². The van der Waals surface area contributed by atoms with Crippen LogP contribution in [0, 0.1) is 0 Å². The van der Waals surface area contributed by atoms with E-state index >= 15 is 0 Å². The van der Waals surface area contributed by atoms with Gasteiger partial charge in [0, 0.05) is 6.20 Å². The SMILES string of the molecule is CCOC(=O)c1ccsc1NC(=O)Cn1cc(N)cn1. The molecule has 2 aromatic heterocycles. The summed E-state index contributed by atoms with van der Waals surface area (Å²) < 4.78 is 6.33. The summed E-state index contributed by atoms with van der Waals surface area (Å²) in [6.45, 7) is 2.04. The zero-order chi connectivity index (χ0) is 14.5. The Morgan fingerprint density at radius 3 is 3.00 bits per heavy atom. The van der Waals surface area contributed by atoms with Crippen LogP contribution in [-0.2, 0) is 16.1 Å². The van der Waals surface area contributed by atoms with E-state index in [1.165, 1.54) is 22.2 Å². The molecule has 0 fully saturated rings. The molecule has 0 aliphatic heterocycles. The number of nitrogens with one attached hydrogen (secondary N) is 1. The Morgan fingerprint density at radius 1 is 1.55 bits per heavy atom. The number of nitrogens with two attached hydrogens (primary N) is 1. The van der Waals surface area contributed by atoms with Crippen molar-refractivity contribution < 1.29 is 14.3 Å². The second-order valence-electron chi connectivity index (χ2n) is 3.90.